The maximum Gasteiger partial charge on any atom is 0.221 e. The molecule has 92 valence electrons. The van der Waals surface area contributed by atoms with Crippen LogP contribution in [-0.2, 0) is 11.2 Å². The molecule has 2 rings (SSSR count). The van der Waals surface area contributed by atoms with Crippen molar-refractivity contribution in [2.75, 3.05) is 6.54 Å². The Bertz CT molecular complexity index is 386. The zero-order valence-corrected chi connectivity index (χ0v) is 10.5. The summed E-state index contributed by atoms with van der Waals surface area (Å²) in [6.45, 7) is 5.05. The Morgan fingerprint density at radius 1 is 1.41 bits per heavy atom. The highest BCUT2D eigenvalue weighted by atomic mass is 16.1. The lowest BCUT2D eigenvalue weighted by Crippen LogP contribution is -2.33. The number of carbonyl (C=O) groups excluding carboxylic acids is 1. The highest BCUT2D eigenvalue weighted by Crippen LogP contribution is 2.15. The van der Waals surface area contributed by atoms with E-state index in [0.29, 0.717) is 12.5 Å². The van der Waals surface area contributed by atoms with Gasteiger partial charge in [0.15, 0.2) is 0 Å². The number of amides is 1. The molecular weight excluding hydrogens is 212 g/mol. The minimum absolute atomic E-state index is 0.149. The summed E-state index contributed by atoms with van der Waals surface area (Å²) in [5.41, 5.74) is 2.64. The van der Waals surface area contributed by atoms with E-state index in [1.165, 1.54) is 11.1 Å². The highest BCUT2D eigenvalue weighted by Gasteiger charge is 2.22. The summed E-state index contributed by atoms with van der Waals surface area (Å²) in [5.74, 6) is 0.149. The van der Waals surface area contributed by atoms with Crippen molar-refractivity contribution in [3.8, 4) is 0 Å². The lowest BCUT2D eigenvalue weighted by molar-refractivity contribution is -0.119. The zero-order valence-electron chi connectivity index (χ0n) is 10.5. The zero-order chi connectivity index (χ0) is 12.3. The van der Waals surface area contributed by atoms with E-state index < -0.39 is 0 Å². The molecule has 1 heterocycles. The van der Waals surface area contributed by atoms with Gasteiger partial charge in [-0.1, -0.05) is 31.2 Å². The Labute approximate surface area is 103 Å². The summed E-state index contributed by atoms with van der Waals surface area (Å²) in [6, 6.07) is 9.24. The molecule has 2 unspecified atom stereocenters. The largest absolute Gasteiger partial charge is 0.354 e. The standard InChI is InChI=1S/C14H20N2O/c1-3-11-4-6-12(7-5-11)10(2)16-13-8-14(17)15-9-13/h4-7,10,13,16H,3,8-9H2,1-2H3,(H,15,17). The molecule has 1 aliphatic rings. The highest BCUT2D eigenvalue weighted by molar-refractivity contribution is 5.78. The molecule has 1 fully saturated rings. The van der Waals surface area contributed by atoms with Crippen molar-refractivity contribution >= 4 is 5.91 Å². The van der Waals surface area contributed by atoms with Gasteiger partial charge in [-0.2, -0.15) is 0 Å². The van der Waals surface area contributed by atoms with Crippen LogP contribution in [0.15, 0.2) is 24.3 Å². The summed E-state index contributed by atoms with van der Waals surface area (Å²) in [6.07, 6.45) is 1.67. The predicted molar refractivity (Wildman–Crippen MR) is 68.8 cm³/mol. The monoisotopic (exact) mass is 232 g/mol. The molecule has 0 aliphatic carbocycles. The van der Waals surface area contributed by atoms with Gasteiger partial charge in [0.05, 0.1) is 0 Å². The van der Waals surface area contributed by atoms with Crippen molar-refractivity contribution in [2.45, 2.75) is 38.8 Å². The third-order valence-corrected chi connectivity index (χ3v) is 3.35. The molecular formula is C14H20N2O. The maximum absolute atomic E-state index is 11.1. The van der Waals surface area contributed by atoms with E-state index in [9.17, 15) is 4.79 Å². The van der Waals surface area contributed by atoms with Crippen LogP contribution >= 0.6 is 0 Å². The summed E-state index contributed by atoms with van der Waals surface area (Å²) < 4.78 is 0. The van der Waals surface area contributed by atoms with Crippen LogP contribution < -0.4 is 10.6 Å². The van der Waals surface area contributed by atoms with Gasteiger partial charge in [-0.3, -0.25) is 4.79 Å². The minimum atomic E-state index is 0.149. The normalized spacial score (nSPS) is 21.3. The van der Waals surface area contributed by atoms with Crippen molar-refractivity contribution in [1.82, 2.24) is 10.6 Å². The van der Waals surface area contributed by atoms with Crippen LogP contribution in [0.3, 0.4) is 0 Å². The molecule has 17 heavy (non-hydrogen) atoms. The number of rotatable bonds is 4. The number of carbonyl (C=O) groups is 1. The molecule has 0 radical (unpaired) electrons. The first-order chi connectivity index (χ1) is 8.19. The lowest BCUT2D eigenvalue weighted by atomic mass is 10.0. The first-order valence-corrected chi connectivity index (χ1v) is 6.30. The Hall–Kier alpha value is -1.35. The van der Waals surface area contributed by atoms with E-state index in [1.54, 1.807) is 0 Å². The minimum Gasteiger partial charge on any atom is -0.354 e. The van der Waals surface area contributed by atoms with Crippen molar-refractivity contribution in [3.63, 3.8) is 0 Å². The molecule has 0 bridgehead atoms. The van der Waals surface area contributed by atoms with Crippen molar-refractivity contribution in [2.24, 2.45) is 0 Å². The van der Waals surface area contributed by atoms with Crippen molar-refractivity contribution in [1.29, 1.82) is 0 Å². The summed E-state index contributed by atoms with van der Waals surface area (Å²) in [5, 5.41) is 6.32. The Morgan fingerprint density at radius 2 is 2.12 bits per heavy atom. The molecule has 3 heteroatoms. The molecule has 2 N–H and O–H groups in total. The van der Waals surface area contributed by atoms with E-state index in [-0.39, 0.29) is 11.9 Å². The quantitative estimate of drug-likeness (QED) is 0.831. The van der Waals surface area contributed by atoms with Gasteiger partial charge in [-0.25, -0.2) is 0 Å². The van der Waals surface area contributed by atoms with E-state index >= 15 is 0 Å². The first kappa shape index (κ1) is 12.1. The summed E-state index contributed by atoms with van der Waals surface area (Å²) in [4.78, 5) is 11.1. The van der Waals surface area contributed by atoms with Gasteiger partial charge in [0.2, 0.25) is 5.91 Å². The van der Waals surface area contributed by atoms with Gasteiger partial charge < -0.3 is 10.6 Å². The molecule has 1 aromatic rings. The van der Waals surface area contributed by atoms with E-state index in [0.717, 1.165) is 13.0 Å². The summed E-state index contributed by atoms with van der Waals surface area (Å²) in [7, 11) is 0. The fourth-order valence-electron chi connectivity index (χ4n) is 2.21. The van der Waals surface area contributed by atoms with Crippen molar-refractivity contribution in [3.05, 3.63) is 35.4 Å². The summed E-state index contributed by atoms with van der Waals surface area (Å²) >= 11 is 0. The molecule has 1 aromatic carbocycles. The molecule has 0 aromatic heterocycles. The van der Waals surface area contributed by atoms with Crippen LogP contribution in [0.4, 0.5) is 0 Å². The SMILES string of the molecule is CCc1ccc(C(C)NC2CNC(=O)C2)cc1. The van der Waals surface area contributed by atoms with E-state index in [4.69, 9.17) is 0 Å². The topological polar surface area (TPSA) is 41.1 Å². The third kappa shape index (κ3) is 3.07. The Morgan fingerprint density at radius 3 is 2.65 bits per heavy atom. The van der Waals surface area contributed by atoms with Gasteiger partial charge in [0, 0.05) is 25.0 Å². The number of hydrogen-bond acceptors (Lipinski definition) is 2. The number of aryl methyl sites for hydroxylation is 1. The Balaban J connectivity index is 1.94. The second-order valence-corrected chi connectivity index (χ2v) is 4.69. The van der Waals surface area contributed by atoms with Crippen molar-refractivity contribution < 1.29 is 4.79 Å². The lowest BCUT2D eigenvalue weighted by Gasteiger charge is -2.18. The molecule has 1 saturated heterocycles. The second-order valence-electron chi connectivity index (χ2n) is 4.69. The van der Waals surface area contributed by atoms with Crippen LogP contribution in [-0.4, -0.2) is 18.5 Å². The number of benzene rings is 1. The average Bonchev–Trinajstić information content (AvgIpc) is 2.75. The molecule has 3 nitrogen and oxygen atoms in total. The van der Waals surface area contributed by atoms with E-state index in [1.807, 2.05) is 0 Å². The van der Waals surface area contributed by atoms with Crippen LogP contribution in [0.1, 0.15) is 37.4 Å². The third-order valence-electron chi connectivity index (χ3n) is 3.35. The fraction of sp³-hybridized carbons (Fsp3) is 0.500. The maximum atomic E-state index is 11.1. The molecule has 0 spiro atoms. The van der Waals surface area contributed by atoms with Gasteiger partial charge >= 0.3 is 0 Å². The Kier molecular flexibility index (Phi) is 3.79. The van der Waals surface area contributed by atoms with E-state index in [2.05, 4.69) is 48.7 Å². The van der Waals surface area contributed by atoms with Crippen LogP contribution in [0.2, 0.25) is 0 Å². The molecule has 0 saturated carbocycles. The van der Waals surface area contributed by atoms with Crippen LogP contribution in [0.25, 0.3) is 0 Å². The van der Waals surface area contributed by atoms with Gasteiger partial charge in [-0.15, -0.1) is 0 Å². The first-order valence-electron chi connectivity index (χ1n) is 6.30. The predicted octanol–water partition coefficient (Wildman–Crippen LogP) is 1.79. The smallest absolute Gasteiger partial charge is 0.221 e. The van der Waals surface area contributed by atoms with Crippen LogP contribution in [0.5, 0.6) is 0 Å². The van der Waals surface area contributed by atoms with Gasteiger partial charge in [0.1, 0.15) is 0 Å². The molecule has 1 amide bonds. The second kappa shape index (κ2) is 5.32. The van der Waals surface area contributed by atoms with Gasteiger partial charge in [0.25, 0.3) is 0 Å². The fourth-order valence-corrected chi connectivity index (χ4v) is 2.21. The molecule has 2 atom stereocenters. The van der Waals surface area contributed by atoms with Crippen LogP contribution in [0, 0.1) is 0 Å². The number of hydrogen-bond donors (Lipinski definition) is 2. The number of nitrogens with one attached hydrogen (secondary N) is 2. The molecule has 1 aliphatic heterocycles. The average molecular weight is 232 g/mol. The van der Waals surface area contributed by atoms with Gasteiger partial charge in [-0.05, 0) is 24.5 Å².